The number of hydrogen-bond acceptors (Lipinski definition) is 1. The van der Waals surface area contributed by atoms with Gasteiger partial charge in [-0.2, -0.15) is 0 Å². The molecule has 0 heterocycles. The number of unbranched alkanes of at least 4 members (excludes halogenated alkanes) is 4. The first kappa shape index (κ1) is 18.8. The molecule has 0 aliphatic carbocycles. The second-order valence-electron chi connectivity index (χ2n) is 5.59. The third-order valence-electron chi connectivity index (χ3n) is 3.69. The molecule has 0 spiro atoms. The number of benzene rings is 1. The summed E-state index contributed by atoms with van der Waals surface area (Å²) >= 11 is 6.12. The number of nitrogens with zero attached hydrogens (tertiary/aromatic N) is 1. The van der Waals surface area contributed by atoms with Gasteiger partial charge in [-0.3, -0.25) is 4.79 Å². The van der Waals surface area contributed by atoms with Gasteiger partial charge in [0.05, 0.1) is 0 Å². The lowest BCUT2D eigenvalue weighted by atomic mass is 10.2. The van der Waals surface area contributed by atoms with Gasteiger partial charge in [0.25, 0.3) is 0 Å². The molecule has 1 amide bonds. The highest BCUT2D eigenvalue weighted by Crippen LogP contribution is 2.16. The lowest BCUT2D eigenvalue weighted by Crippen LogP contribution is -2.31. The minimum absolute atomic E-state index is 0.0899. The van der Waals surface area contributed by atoms with E-state index in [0.29, 0.717) is 5.02 Å². The van der Waals surface area contributed by atoms with Crippen LogP contribution in [0.1, 0.15) is 57.9 Å². The van der Waals surface area contributed by atoms with Crippen molar-refractivity contribution in [2.24, 2.45) is 0 Å². The molecule has 0 atom stereocenters. The SMILES string of the molecule is CCCCCN(CCCCC)C(=O)/C=C/c1ccccc1Cl. The number of amides is 1. The van der Waals surface area contributed by atoms with Crippen molar-refractivity contribution in [1.29, 1.82) is 0 Å². The van der Waals surface area contributed by atoms with Gasteiger partial charge in [-0.1, -0.05) is 69.3 Å². The average Bonchev–Trinajstić information content (AvgIpc) is 2.52. The van der Waals surface area contributed by atoms with Crippen LogP contribution in [0, 0.1) is 0 Å². The second kappa shape index (κ2) is 11.3. The third-order valence-corrected chi connectivity index (χ3v) is 4.03. The van der Waals surface area contributed by atoms with Crippen LogP contribution in [-0.4, -0.2) is 23.9 Å². The van der Waals surface area contributed by atoms with E-state index in [2.05, 4.69) is 13.8 Å². The summed E-state index contributed by atoms with van der Waals surface area (Å²) in [5.41, 5.74) is 0.889. The summed E-state index contributed by atoms with van der Waals surface area (Å²) in [6, 6.07) is 7.58. The number of hydrogen-bond donors (Lipinski definition) is 0. The Morgan fingerprint density at radius 2 is 1.64 bits per heavy atom. The zero-order valence-electron chi connectivity index (χ0n) is 13.9. The maximum absolute atomic E-state index is 12.4. The lowest BCUT2D eigenvalue weighted by Gasteiger charge is -2.21. The summed E-state index contributed by atoms with van der Waals surface area (Å²) in [7, 11) is 0. The van der Waals surface area contributed by atoms with E-state index in [1.165, 1.54) is 25.7 Å². The number of carbonyl (C=O) groups excluding carboxylic acids is 1. The van der Waals surface area contributed by atoms with Crippen LogP contribution in [0.5, 0.6) is 0 Å². The molecule has 0 aliphatic rings. The fraction of sp³-hybridized carbons (Fsp3) is 0.526. The molecular weight excluding hydrogens is 294 g/mol. The average molecular weight is 322 g/mol. The molecule has 0 unspecified atom stereocenters. The highest BCUT2D eigenvalue weighted by molar-refractivity contribution is 6.32. The Kier molecular flexibility index (Phi) is 9.65. The molecule has 0 aromatic heterocycles. The molecule has 22 heavy (non-hydrogen) atoms. The van der Waals surface area contributed by atoms with E-state index in [1.54, 1.807) is 6.08 Å². The Labute approximate surface area is 140 Å². The molecule has 0 N–H and O–H groups in total. The van der Waals surface area contributed by atoms with Gasteiger partial charge in [-0.15, -0.1) is 0 Å². The van der Waals surface area contributed by atoms with E-state index in [-0.39, 0.29) is 5.91 Å². The lowest BCUT2D eigenvalue weighted by molar-refractivity contribution is -0.126. The van der Waals surface area contributed by atoms with Crippen molar-refractivity contribution < 1.29 is 4.79 Å². The van der Waals surface area contributed by atoms with E-state index >= 15 is 0 Å². The van der Waals surface area contributed by atoms with Crippen molar-refractivity contribution >= 4 is 23.6 Å². The predicted octanol–water partition coefficient (Wildman–Crippen LogP) is 5.56. The molecule has 0 radical (unpaired) electrons. The minimum atomic E-state index is 0.0899. The van der Waals surface area contributed by atoms with Gasteiger partial charge in [0.15, 0.2) is 0 Å². The van der Waals surface area contributed by atoms with Gasteiger partial charge in [-0.25, -0.2) is 0 Å². The molecule has 0 bridgehead atoms. The predicted molar refractivity (Wildman–Crippen MR) is 96.1 cm³/mol. The van der Waals surface area contributed by atoms with Gasteiger partial charge >= 0.3 is 0 Å². The molecule has 3 heteroatoms. The van der Waals surface area contributed by atoms with Gasteiger partial charge in [0.2, 0.25) is 5.91 Å². The van der Waals surface area contributed by atoms with Crippen molar-refractivity contribution in [2.45, 2.75) is 52.4 Å². The molecule has 0 saturated heterocycles. The highest BCUT2D eigenvalue weighted by atomic mass is 35.5. The molecule has 2 nitrogen and oxygen atoms in total. The number of rotatable bonds is 10. The number of halogens is 1. The monoisotopic (exact) mass is 321 g/mol. The quantitative estimate of drug-likeness (QED) is 0.408. The van der Waals surface area contributed by atoms with E-state index in [1.807, 2.05) is 35.2 Å². The van der Waals surface area contributed by atoms with Crippen LogP contribution in [0.2, 0.25) is 5.02 Å². The molecule has 1 aromatic carbocycles. The zero-order valence-corrected chi connectivity index (χ0v) is 14.6. The van der Waals surface area contributed by atoms with Gasteiger partial charge < -0.3 is 4.90 Å². The molecular formula is C19H28ClNO. The fourth-order valence-electron chi connectivity index (χ4n) is 2.31. The summed E-state index contributed by atoms with van der Waals surface area (Å²) in [6.07, 6.45) is 10.3. The van der Waals surface area contributed by atoms with Crippen molar-refractivity contribution in [1.82, 2.24) is 4.90 Å². The smallest absolute Gasteiger partial charge is 0.246 e. The standard InChI is InChI=1S/C19H28ClNO/c1-3-5-9-15-21(16-10-6-4-2)19(22)14-13-17-11-7-8-12-18(17)20/h7-8,11-14H,3-6,9-10,15-16H2,1-2H3/b14-13+. The maximum Gasteiger partial charge on any atom is 0.246 e. The van der Waals surface area contributed by atoms with Crippen LogP contribution in [0.4, 0.5) is 0 Å². The molecule has 1 aromatic rings. The van der Waals surface area contributed by atoms with E-state index in [0.717, 1.165) is 31.5 Å². The summed E-state index contributed by atoms with van der Waals surface area (Å²) in [6.45, 7) is 6.06. The highest BCUT2D eigenvalue weighted by Gasteiger charge is 2.09. The topological polar surface area (TPSA) is 20.3 Å². The Morgan fingerprint density at radius 1 is 1.05 bits per heavy atom. The zero-order chi connectivity index (χ0) is 16.2. The summed E-state index contributed by atoms with van der Waals surface area (Å²) in [5.74, 6) is 0.0899. The minimum Gasteiger partial charge on any atom is -0.339 e. The Hall–Kier alpha value is -1.28. The summed E-state index contributed by atoms with van der Waals surface area (Å²) in [4.78, 5) is 14.4. The Bertz CT molecular complexity index is 460. The number of carbonyl (C=O) groups is 1. The molecule has 1 rings (SSSR count). The second-order valence-corrected chi connectivity index (χ2v) is 6.00. The first-order chi connectivity index (χ1) is 10.7. The summed E-state index contributed by atoms with van der Waals surface area (Å²) in [5, 5.41) is 0.676. The van der Waals surface area contributed by atoms with Crippen molar-refractivity contribution in [3.05, 3.63) is 40.9 Å². The van der Waals surface area contributed by atoms with Gasteiger partial charge in [0, 0.05) is 24.2 Å². The van der Waals surface area contributed by atoms with Crippen molar-refractivity contribution in [2.75, 3.05) is 13.1 Å². The van der Waals surface area contributed by atoms with Crippen LogP contribution in [0.15, 0.2) is 30.3 Å². The van der Waals surface area contributed by atoms with E-state index in [9.17, 15) is 4.79 Å². The van der Waals surface area contributed by atoms with Gasteiger partial charge in [-0.05, 0) is 30.5 Å². The van der Waals surface area contributed by atoms with Crippen molar-refractivity contribution in [3.8, 4) is 0 Å². The molecule has 0 fully saturated rings. The Morgan fingerprint density at radius 3 is 2.18 bits per heavy atom. The van der Waals surface area contributed by atoms with Gasteiger partial charge in [0.1, 0.15) is 0 Å². The van der Waals surface area contributed by atoms with E-state index in [4.69, 9.17) is 11.6 Å². The largest absolute Gasteiger partial charge is 0.339 e. The van der Waals surface area contributed by atoms with Crippen LogP contribution >= 0.6 is 11.6 Å². The first-order valence-corrected chi connectivity index (χ1v) is 8.78. The molecule has 0 saturated carbocycles. The van der Waals surface area contributed by atoms with Crippen molar-refractivity contribution in [3.63, 3.8) is 0 Å². The first-order valence-electron chi connectivity index (χ1n) is 8.40. The molecule has 0 aliphatic heterocycles. The van der Waals surface area contributed by atoms with Crippen LogP contribution in [-0.2, 0) is 4.79 Å². The summed E-state index contributed by atoms with van der Waals surface area (Å²) < 4.78 is 0. The maximum atomic E-state index is 12.4. The third kappa shape index (κ3) is 7.13. The molecule has 122 valence electrons. The van der Waals surface area contributed by atoms with Crippen LogP contribution in [0.25, 0.3) is 6.08 Å². The van der Waals surface area contributed by atoms with E-state index < -0.39 is 0 Å². The van der Waals surface area contributed by atoms with Crippen LogP contribution < -0.4 is 0 Å². The normalized spacial score (nSPS) is 11.0. The fourth-order valence-corrected chi connectivity index (χ4v) is 2.51. The van der Waals surface area contributed by atoms with Crippen LogP contribution in [0.3, 0.4) is 0 Å². The Balaban J connectivity index is 2.62.